The van der Waals surface area contributed by atoms with Gasteiger partial charge in [0.15, 0.2) is 0 Å². The summed E-state index contributed by atoms with van der Waals surface area (Å²) in [6.07, 6.45) is 32.3. The molecule has 1 rings (SSSR count). The maximum absolute atomic E-state index is 3.91. The molecule has 1 saturated carbocycles. The van der Waals surface area contributed by atoms with E-state index < -0.39 is 0 Å². The minimum absolute atomic E-state index is 1.10. The largest absolute Gasteiger partial charge is 0.0533 e. The van der Waals surface area contributed by atoms with Gasteiger partial charge in [0.1, 0.15) is 0 Å². The van der Waals surface area contributed by atoms with Crippen LogP contribution in [-0.4, -0.2) is 0 Å². The molecule has 1 fully saturated rings. The van der Waals surface area contributed by atoms with Crippen molar-refractivity contribution < 1.29 is 0 Å². The molecule has 24 heavy (non-hydrogen) atoms. The van der Waals surface area contributed by atoms with Crippen LogP contribution in [0.2, 0.25) is 0 Å². The molecule has 0 aromatic heterocycles. The van der Waals surface area contributed by atoms with Gasteiger partial charge in [-0.25, -0.2) is 0 Å². The molecule has 1 aliphatic rings. The van der Waals surface area contributed by atoms with E-state index in [9.17, 15) is 0 Å². The molecule has 0 aromatic rings. The van der Waals surface area contributed by atoms with Crippen LogP contribution in [0.25, 0.3) is 0 Å². The van der Waals surface area contributed by atoms with Crippen LogP contribution < -0.4 is 0 Å². The van der Waals surface area contributed by atoms with Gasteiger partial charge < -0.3 is 0 Å². The average molecular weight is 336 g/mol. The topological polar surface area (TPSA) is 0 Å². The molecule has 1 radical (unpaired) electrons. The quantitative estimate of drug-likeness (QED) is 0.232. The number of hydrogen-bond acceptors (Lipinski definition) is 0. The summed E-state index contributed by atoms with van der Waals surface area (Å²) < 4.78 is 0. The number of rotatable bonds is 17. The van der Waals surface area contributed by atoms with Crippen LogP contribution in [0.5, 0.6) is 0 Å². The second-order valence-corrected chi connectivity index (χ2v) is 8.45. The first-order valence-electron chi connectivity index (χ1n) is 11.7. The zero-order valence-corrected chi connectivity index (χ0v) is 16.8. The van der Waals surface area contributed by atoms with E-state index in [1.165, 1.54) is 135 Å². The zero-order chi connectivity index (χ0) is 17.1. The Morgan fingerprint density at radius 2 is 0.833 bits per heavy atom. The third-order valence-electron chi connectivity index (χ3n) is 6.09. The highest BCUT2D eigenvalue weighted by molar-refractivity contribution is 4.65. The van der Waals surface area contributed by atoms with Gasteiger partial charge >= 0.3 is 0 Å². The first-order chi connectivity index (χ1) is 11.9. The molecular weight excluding hydrogens is 288 g/mol. The van der Waals surface area contributed by atoms with Crippen LogP contribution in [0.1, 0.15) is 141 Å². The van der Waals surface area contributed by atoms with Crippen LogP contribution in [0.15, 0.2) is 0 Å². The van der Waals surface area contributed by atoms with Crippen LogP contribution in [0.4, 0.5) is 0 Å². The zero-order valence-electron chi connectivity index (χ0n) is 16.8. The number of unbranched alkanes of at least 4 members (excludes halogenated alkanes) is 15. The van der Waals surface area contributed by atoms with Crippen molar-refractivity contribution in [3.05, 3.63) is 6.92 Å². The molecular formula is C24H47. The van der Waals surface area contributed by atoms with E-state index >= 15 is 0 Å². The lowest BCUT2D eigenvalue weighted by atomic mass is 9.85. The number of hydrogen-bond donors (Lipinski definition) is 0. The van der Waals surface area contributed by atoms with Gasteiger partial charge in [-0.15, -0.1) is 0 Å². The highest BCUT2D eigenvalue weighted by atomic mass is 14.2. The molecule has 0 heteroatoms. The molecule has 143 valence electrons. The van der Waals surface area contributed by atoms with E-state index in [2.05, 4.69) is 6.92 Å². The van der Waals surface area contributed by atoms with E-state index in [0.29, 0.717) is 0 Å². The molecule has 0 heterocycles. The van der Waals surface area contributed by atoms with E-state index in [1.807, 2.05) is 0 Å². The summed E-state index contributed by atoms with van der Waals surface area (Å²) in [7, 11) is 0. The molecule has 0 aromatic carbocycles. The first kappa shape index (κ1) is 22.0. The van der Waals surface area contributed by atoms with Gasteiger partial charge in [-0.3, -0.25) is 0 Å². The lowest BCUT2D eigenvalue weighted by molar-refractivity contribution is 0.328. The van der Waals surface area contributed by atoms with E-state index in [-0.39, 0.29) is 0 Å². The molecule has 0 amide bonds. The van der Waals surface area contributed by atoms with Crippen molar-refractivity contribution in [2.75, 3.05) is 0 Å². The van der Waals surface area contributed by atoms with Gasteiger partial charge in [-0.2, -0.15) is 0 Å². The van der Waals surface area contributed by atoms with Gasteiger partial charge in [-0.1, -0.05) is 148 Å². The molecule has 0 aliphatic heterocycles. The lowest BCUT2D eigenvalue weighted by Crippen LogP contribution is -2.05. The van der Waals surface area contributed by atoms with Crippen LogP contribution in [0.3, 0.4) is 0 Å². The van der Waals surface area contributed by atoms with Gasteiger partial charge in [0, 0.05) is 0 Å². The summed E-state index contributed by atoms with van der Waals surface area (Å²) in [6, 6.07) is 0. The predicted molar refractivity (Wildman–Crippen MR) is 110 cm³/mol. The van der Waals surface area contributed by atoms with Crippen LogP contribution >= 0.6 is 0 Å². The monoisotopic (exact) mass is 335 g/mol. The van der Waals surface area contributed by atoms with Crippen molar-refractivity contribution in [3.63, 3.8) is 0 Å². The van der Waals surface area contributed by atoms with Gasteiger partial charge in [-0.05, 0) is 5.92 Å². The van der Waals surface area contributed by atoms with Crippen LogP contribution in [-0.2, 0) is 0 Å². The van der Waals surface area contributed by atoms with Crippen LogP contribution in [0, 0.1) is 12.8 Å². The maximum atomic E-state index is 3.91. The van der Waals surface area contributed by atoms with E-state index in [1.54, 1.807) is 0 Å². The van der Waals surface area contributed by atoms with Crippen molar-refractivity contribution >= 4 is 0 Å². The Hall–Kier alpha value is 0. The van der Waals surface area contributed by atoms with E-state index in [4.69, 9.17) is 0 Å². The van der Waals surface area contributed by atoms with Crippen molar-refractivity contribution in [3.8, 4) is 0 Å². The fourth-order valence-corrected chi connectivity index (χ4v) is 4.38. The molecule has 0 N–H and O–H groups in total. The lowest BCUT2D eigenvalue weighted by Gasteiger charge is -2.21. The van der Waals surface area contributed by atoms with Crippen molar-refractivity contribution in [1.82, 2.24) is 0 Å². The van der Waals surface area contributed by atoms with Gasteiger partial charge in [0.05, 0.1) is 0 Å². The maximum Gasteiger partial charge on any atom is -0.0414 e. The second-order valence-electron chi connectivity index (χ2n) is 8.45. The highest BCUT2D eigenvalue weighted by Gasteiger charge is 2.12. The Morgan fingerprint density at radius 3 is 1.25 bits per heavy atom. The minimum Gasteiger partial charge on any atom is -0.0533 e. The molecule has 0 bridgehead atoms. The van der Waals surface area contributed by atoms with Crippen molar-refractivity contribution in [2.45, 2.75) is 141 Å². The molecule has 0 atom stereocenters. The van der Waals surface area contributed by atoms with Gasteiger partial charge in [0.25, 0.3) is 0 Å². The summed E-state index contributed by atoms with van der Waals surface area (Å²) in [6.45, 7) is 3.91. The Bertz CT molecular complexity index is 226. The Morgan fingerprint density at radius 1 is 0.458 bits per heavy atom. The Kier molecular flexibility index (Phi) is 16.4. The summed E-state index contributed by atoms with van der Waals surface area (Å²) >= 11 is 0. The van der Waals surface area contributed by atoms with Gasteiger partial charge in [0.2, 0.25) is 0 Å². The van der Waals surface area contributed by atoms with Crippen molar-refractivity contribution in [1.29, 1.82) is 0 Å². The Balaban J connectivity index is 1.66. The third kappa shape index (κ3) is 14.4. The molecule has 0 unspecified atom stereocenters. The highest BCUT2D eigenvalue weighted by Crippen LogP contribution is 2.28. The van der Waals surface area contributed by atoms with E-state index in [0.717, 1.165) is 12.3 Å². The molecule has 0 spiro atoms. The standard InChI is InChI=1S/C24H47/c1-2-3-4-5-6-7-8-9-10-11-12-13-14-15-16-18-21-24-22-19-17-20-23-24/h24H,1-23H2. The molecule has 0 saturated heterocycles. The van der Waals surface area contributed by atoms with Crippen molar-refractivity contribution in [2.24, 2.45) is 5.92 Å². The summed E-state index contributed by atoms with van der Waals surface area (Å²) in [5, 5.41) is 0. The summed E-state index contributed by atoms with van der Waals surface area (Å²) in [5.41, 5.74) is 0. The summed E-state index contributed by atoms with van der Waals surface area (Å²) in [4.78, 5) is 0. The first-order valence-corrected chi connectivity index (χ1v) is 11.7. The Labute approximate surface area is 154 Å². The normalized spacial score (nSPS) is 15.9. The average Bonchev–Trinajstić information content (AvgIpc) is 2.62. The smallest absolute Gasteiger partial charge is 0.0414 e. The fourth-order valence-electron chi connectivity index (χ4n) is 4.38. The SMILES string of the molecule is [CH2]CCCCCCCCCCCCCCCCCC1CCCCC1. The molecule has 0 nitrogen and oxygen atoms in total. The summed E-state index contributed by atoms with van der Waals surface area (Å²) in [5.74, 6) is 1.10. The predicted octanol–water partition coefficient (Wildman–Crippen LogP) is 9.03. The third-order valence-corrected chi connectivity index (χ3v) is 6.09. The fraction of sp³-hybridized carbons (Fsp3) is 0.958. The second kappa shape index (κ2) is 17.8. The minimum atomic E-state index is 1.10. The molecule has 1 aliphatic carbocycles.